The predicted octanol–water partition coefficient (Wildman–Crippen LogP) is 7.92. The number of hydrogen-bond donors (Lipinski definition) is 0. The third-order valence-electron chi connectivity index (χ3n) is 5.52. The van der Waals surface area contributed by atoms with Crippen LogP contribution in [0.5, 0.6) is 0 Å². The maximum Gasteiger partial charge on any atom is 0.123 e. The summed E-state index contributed by atoms with van der Waals surface area (Å²) in [5.74, 6) is 0.253. The summed E-state index contributed by atoms with van der Waals surface area (Å²) in [5, 5.41) is 0. The first kappa shape index (κ1) is 22.9. The number of benzene rings is 1. The normalized spacial score (nSPS) is 12.2. The van der Waals surface area contributed by atoms with E-state index in [4.69, 9.17) is 0 Å². The first-order valence-corrected chi connectivity index (χ1v) is 11.4. The molecule has 0 saturated carbocycles. The van der Waals surface area contributed by atoms with E-state index in [1.54, 1.807) is 0 Å². The fourth-order valence-corrected chi connectivity index (χ4v) is 3.70. The van der Waals surface area contributed by atoms with E-state index in [2.05, 4.69) is 31.2 Å². The van der Waals surface area contributed by atoms with Crippen LogP contribution in [-0.4, -0.2) is 6.29 Å². The van der Waals surface area contributed by atoms with Crippen molar-refractivity contribution in [1.29, 1.82) is 0 Å². The number of carbonyl (C=O) groups is 1. The Balaban J connectivity index is 1.87. The summed E-state index contributed by atoms with van der Waals surface area (Å²) in [6.07, 6.45) is 22.3. The van der Waals surface area contributed by atoms with Crippen molar-refractivity contribution < 1.29 is 4.79 Å². The zero-order chi connectivity index (χ0) is 18.7. The molecule has 0 amide bonds. The molecular formula is C25H42O. The van der Waals surface area contributed by atoms with Crippen molar-refractivity contribution in [3.05, 3.63) is 35.9 Å². The first-order valence-electron chi connectivity index (χ1n) is 11.4. The highest BCUT2D eigenvalue weighted by molar-refractivity contribution is 5.53. The average molecular weight is 359 g/mol. The quantitative estimate of drug-likeness (QED) is 0.192. The lowest BCUT2D eigenvalue weighted by atomic mass is 9.95. The molecule has 148 valence electrons. The Bertz CT molecular complexity index is 411. The zero-order valence-electron chi connectivity index (χ0n) is 17.3. The monoisotopic (exact) mass is 358 g/mol. The van der Waals surface area contributed by atoms with Gasteiger partial charge in [-0.2, -0.15) is 0 Å². The van der Waals surface area contributed by atoms with Gasteiger partial charge in [-0.25, -0.2) is 0 Å². The van der Waals surface area contributed by atoms with Crippen LogP contribution < -0.4 is 0 Å². The third kappa shape index (κ3) is 13.1. The Morgan fingerprint density at radius 2 is 1.19 bits per heavy atom. The van der Waals surface area contributed by atoms with Crippen LogP contribution in [0.1, 0.15) is 109 Å². The van der Waals surface area contributed by atoms with Gasteiger partial charge < -0.3 is 4.79 Å². The van der Waals surface area contributed by atoms with Crippen molar-refractivity contribution in [2.24, 2.45) is 5.92 Å². The largest absolute Gasteiger partial charge is 0.303 e. The van der Waals surface area contributed by atoms with E-state index in [0.717, 1.165) is 19.3 Å². The molecule has 0 spiro atoms. The molecule has 0 aliphatic carbocycles. The van der Waals surface area contributed by atoms with E-state index in [1.807, 2.05) is 6.07 Å². The van der Waals surface area contributed by atoms with Crippen LogP contribution >= 0.6 is 0 Å². The SMILES string of the molecule is CCCCCCCCCCCCCCCC(C=O)CCc1ccccc1. The molecule has 0 saturated heterocycles. The number of carbonyl (C=O) groups excluding carboxylic acids is 1. The van der Waals surface area contributed by atoms with Crippen LogP contribution in [0.4, 0.5) is 0 Å². The second-order valence-corrected chi connectivity index (χ2v) is 7.95. The molecule has 0 bridgehead atoms. The lowest BCUT2D eigenvalue weighted by molar-refractivity contribution is -0.111. The average Bonchev–Trinajstić information content (AvgIpc) is 2.68. The Morgan fingerprint density at radius 1 is 0.692 bits per heavy atom. The summed E-state index contributed by atoms with van der Waals surface area (Å²) in [6.45, 7) is 2.28. The van der Waals surface area contributed by atoms with Gasteiger partial charge in [-0.05, 0) is 24.8 Å². The van der Waals surface area contributed by atoms with Crippen molar-refractivity contribution in [2.45, 2.75) is 110 Å². The van der Waals surface area contributed by atoms with E-state index in [-0.39, 0.29) is 5.92 Å². The van der Waals surface area contributed by atoms with E-state index < -0.39 is 0 Å². The number of unbranched alkanes of at least 4 members (excludes halogenated alkanes) is 12. The second-order valence-electron chi connectivity index (χ2n) is 7.95. The molecule has 26 heavy (non-hydrogen) atoms. The zero-order valence-corrected chi connectivity index (χ0v) is 17.3. The van der Waals surface area contributed by atoms with Gasteiger partial charge in [0.15, 0.2) is 0 Å². The minimum Gasteiger partial charge on any atom is -0.303 e. The molecule has 0 aliphatic rings. The fraction of sp³-hybridized carbons (Fsp3) is 0.720. The standard InChI is InChI=1S/C25H42O/c1-2-3-4-5-6-7-8-9-10-11-12-13-15-20-25(23-26)22-21-24-18-16-14-17-19-24/h14,16-19,23,25H,2-13,15,20-22H2,1H3. The van der Waals surface area contributed by atoms with Crippen LogP contribution in [0.3, 0.4) is 0 Å². The summed E-state index contributed by atoms with van der Waals surface area (Å²) in [6, 6.07) is 10.5. The molecule has 0 fully saturated rings. The van der Waals surface area contributed by atoms with Crippen molar-refractivity contribution >= 4 is 6.29 Å². The Morgan fingerprint density at radius 3 is 1.69 bits per heavy atom. The highest BCUT2D eigenvalue weighted by Crippen LogP contribution is 2.17. The fourth-order valence-electron chi connectivity index (χ4n) is 3.70. The number of hydrogen-bond acceptors (Lipinski definition) is 1. The van der Waals surface area contributed by atoms with Gasteiger partial charge in [-0.3, -0.25) is 0 Å². The molecule has 0 N–H and O–H groups in total. The topological polar surface area (TPSA) is 17.1 Å². The minimum atomic E-state index is 0.253. The molecule has 1 aromatic rings. The van der Waals surface area contributed by atoms with E-state index in [0.29, 0.717) is 0 Å². The number of aldehydes is 1. The molecule has 1 nitrogen and oxygen atoms in total. The van der Waals surface area contributed by atoms with Gasteiger partial charge in [0, 0.05) is 5.92 Å². The molecule has 1 rings (SSSR count). The van der Waals surface area contributed by atoms with Crippen LogP contribution in [0.15, 0.2) is 30.3 Å². The Hall–Kier alpha value is -1.11. The van der Waals surface area contributed by atoms with Crippen molar-refractivity contribution in [2.75, 3.05) is 0 Å². The Labute approximate surface area is 163 Å². The lowest BCUT2D eigenvalue weighted by Gasteiger charge is -2.10. The molecule has 0 aromatic heterocycles. The summed E-state index contributed by atoms with van der Waals surface area (Å²) < 4.78 is 0. The van der Waals surface area contributed by atoms with E-state index in [1.165, 1.54) is 95.3 Å². The highest BCUT2D eigenvalue weighted by Gasteiger charge is 2.07. The van der Waals surface area contributed by atoms with Gasteiger partial charge in [0.1, 0.15) is 6.29 Å². The van der Waals surface area contributed by atoms with Gasteiger partial charge in [-0.1, -0.05) is 121 Å². The summed E-state index contributed by atoms with van der Waals surface area (Å²) in [4.78, 5) is 11.3. The molecule has 1 aromatic carbocycles. The highest BCUT2D eigenvalue weighted by atomic mass is 16.1. The lowest BCUT2D eigenvalue weighted by Crippen LogP contribution is -2.04. The van der Waals surface area contributed by atoms with Gasteiger partial charge in [0.25, 0.3) is 0 Å². The predicted molar refractivity (Wildman–Crippen MR) is 115 cm³/mol. The first-order chi connectivity index (χ1) is 12.9. The van der Waals surface area contributed by atoms with Crippen molar-refractivity contribution in [3.63, 3.8) is 0 Å². The van der Waals surface area contributed by atoms with Crippen LogP contribution in [0.25, 0.3) is 0 Å². The van der Waals surface area contributed by atoms with Gasteiger partial charge in [0.2, 0.25) is 0 Å². The van der Waals surface area contributed by atoms with Gasteiger partial charge in [-0.15, -0.1) is 0 Å². The van der Waals surface area contributed by atoms with Gasteiger partial charge >= 0.3 is 0 Å². The van der Waals surface area contributed by atoms with Crippen molar-refractivity contribution in [1.82, 2.24) is 0 Å². The van der Waals surface area contributed by atoms with Crippen LogP contribution in [0.2, 0.25) is 0 Å². The van der Waals surface area contributed by atoms with E-state index >= 15 is 0 Å². The minimum absolute atomic E-state index is 0.253. The molecule has 0 heterocycles. The summed E-state index contributed by atoms with van der Waals surface area (Å²) >= 11 is 0. The molecule has 1 heteroatoms. The van der Waals surface area contributed by atoms with Crippen molar-refractivity contribution in [3.8, 4) is 0 Å². The van der Waals surface area contributed by atoms with Crippen LogP contribution in [0, 0.1) is 5.92 Å². The maximum atomic E-state index is 11.3. The third-order valence-corrected chi connectivity index (χ3v) is 5.52. The smallest absolute Gasteiger partial charge is 0.123 e. The summed E-state index contributed by atoms with van der Waals surface area (Å²) in [5.41, 5.74) is 1.35. The molecular weight excluding hydrogens is 316 g/mol. The maximum absolute atomic E-state index is 11.3. The van der Waals surface area contributed by atoms with Crippen LogP contribution in [-0.2, 0) is 11.2 Å². The van der Waals surface area contributed by atoms with E-state index in [9.17, 15) is 4.79 Å². The Kier molecular flexibility index (Phi) is 15.3. The molecule has 0 radical (unpaired) electrons. The van der Waals surface area contributed by atoms with Gasteiger partial charge in [0.05, 0.1) is 0 Å². The number of aryl methyl sites for hydroxylation is 1. The second kappa shape index (κ2) is 17.3. The molecule has 0 aliphatic heterocycles. The molecule has 1 atom stereocenters. The molecule has 1 unspecified atom stereocenters. The summed E-state index contributed by atoms with van der Waals surface area (Å²) in [7, 11) is 0. The number of rotatable bonds is 18.